The van der Waals surface area contributed by atoms with Gasteiger partial charge in [0, 0.05) is 6.61 Å². The minimum absolute atomic E-state index is 0.0440. The van der Waals surface area contributed by atoms with Gasteiger partial charge in [-0.15, -0.1) is 0 Å². The smallest absolute Gasteiger partial charge is 0.158 e. The molecule has 2 unspecified atom stereocenters. The van der Waals surface area contributed by atoms with Gasteiger partial charge in [-0.05, 0) is 37.7 Å². The van der Waals surface area contributed by atoms with Crippen molar-refractivity contribution in [1.29, 1.82) is 0 Å². The van der Waals surface area contributed by atoms with E-state index in [0.717, 1.165) is 37.9 Å². The van der Waals surface area contributed by atoms with Gasteiger partial charge in [0.05, 0.1) is 12.7 Å². The van der Waals surface area contributed by atoms with Crippen molar-refractivity contribution >= 4 is 0 Å². The van der Waals surface area contributed by atoms with E-state index in [-0.39, 0.29) is 12.4 Å². The third-order valence-electron chi connectivity index (χ3n) is 2.85. The summed E-state index contributed by atoms with van der Waals surface area (Å²) in [5.74, 6) is 0. The topological polar surface area (TPSA) is 38.7 Å². The number of hydrogen-bond donors (Lipinski definition) is 1. The summed E-state index contributed by atoms with van der Waals surface area (Å²) in [4.78, 5) is 0. The third-order valence-corrected chi connectivity index (χ3v) is 2.85. The van der Waals surface area contributed by atoms with Crippen molar-refractivity contribution in [1.82, 2.24) is 0 Å². The van der Waals surface area contributed by atoms with Crippen LogP contribution in [-0.2, 0) is 9.47 Å². The average molecular weight is 198 g/mol. The first-order valence-corrected chi connectivity index (χ1v) is 5.46. The molecule has 3 heteroatoms. The van der Waals surface area contributed by atoms with Crippen LogP contribution in [0, 0.1) is 0 Å². The summed E-state index contributed by atoms with van der Waals surface area (Å²) in [6, 6.07) is 0. The number of rotatable bonds is 3. The van der Waals surface area contributed by atoms with Gasteiger partial charge >= 0.3 is 0 Å². The molecule has 2 aliphatic rings. The number of aliphatic hydroxyl groups is 1. The molecule has 0 aromatic heterocycles. The molecule has 1 saturated heterocycles. The van der Waals surface area contributed by atoms with E-state index in [2.05, 4.69) is 6.08 Å². The highest BCUT2D eigenvalue weighted by molar-refractivity contribution is 5.14. The fourth-order valence-electron chi connectivity index (χ4n) is 1.93. The molecule has 2 rings (SSSR count). The second-order valence-corrected chi connectivity index (χ2v) is 3.98. The van der Waals surface area contributed by atoms with Crippen LogP contribution in [-0.4, -0.2) is 30.7 Å². The predicted molar refractivity (Wildman–Crippen MR) is 52.9 cm³/mol. The predicted octanol–water partition coefficient (Wildman–Crippen LogP) is 1.61. The van der Waals surface area contributed by atoms with Crippen LogP contribution in [0.1, 0.15) is 32.1 Å². The molecule has 0 spiro atoms. The second-order valence-electron chi connectivity index (χ2n) is 3.98. The fraction of sp³-hybridized carbons (Fsp3) is 0.818. The van der Waals surface area contributed by atoms with Crippen LogP contribution in [0.2, 0.25) is 0 Å². The molecule has 1 fully saturated rings. The highest BCUT2D eigenvalue weighted by Gasteiger charge is 2.19. The molecule has 14 heavy (non-hydrogen) atoms. The number of allylic oxidation sites excluding steroid dienone is 1. The van der Waals surface area contributed by atoms with Gasteiger partial charge in [-0.1, -0.05) is 6.08 Å². The van der Waals surface area contributed by atoms with Crippen molar-refractivity contribution in [3.8, 4) is 0 Å². The van der Waals surface area contributed by atoms with E-state index in [9.17, 15) is 5.11 Å². The van der Waals surface area contributed by atoms with Gasteiger partial charge < -0.3 is 14.6 Å². The molecule has 0 bridgehead atoms. The molecule has 1 aliphatic heterocycles. The van der Waals surface area contributed by atoms with E-state index >= 15 is 0 Å². The van der Waals surface area contributed by atoms with Crippen LogP contribution in [0.5, 0.6) is 0 Å². The molecule has 0 saturated carbocycles. The molecular formula is C11H18O3. The lowest BCUT2D eigenvalue weighted by atomic mass is 10.2. The molecule has 0 aromatic rings. The first-order chi connectivity index (χ1) is 6.86. The minimum Gasteiger partial charge on any atom is -0.389 e. The van der Waals surface area contributed by atoms with Gasteiger partial charge in [0.25, 0.3) is 0 Å². The van der Waals surface area contributed by atoms with Gasteiger partial charge in [0.1, 0.15) is 0 Å². The summed E-state index contributed by atoms with van der Waals surface area (Å²) in [7, 11) is 0. The normalized spacial score (nSPS) is 33.1. The summed E-state index contributed by atoms with van der Waals surface area (Å²) in [5.41, 5.74) is 1.03. The second kappa shape index (κ2) is 4.91. The van der Waals surface area contributed by atoms with E-state index < -0.39 is 0 Å². The SMILES string of the molecule is OC1CCC=C1COC1CCCCO1. The Labute approximate surface area is 84.7 Å². The maximum Gasteiger partial charge on any atom is 0.158 e. The average Bonchev–Trinajstić information content (AvgIpc) is 2.63. The first-order valence-electron chi connectivity index (χ1n) is 5.46. The lowest BCUT2D eigenvalue weighted by molar-refractivity contribution is -0.158. The van der Waals surface area contributed by atoms with Crippen molar-refractivity contribution in [2.45, 2.75) is 44.5 Å². The Morgan fingerprint density at radius 2 is 2.36 bits per heavy atom. The molecule has 1 heterocycles. The van der Waals surface area contributed by atoms with Gasteiger partial charge in [0.15, 0.2) is 6.29 Å². The Kier molecular flexibility index (Phi) is 3.56. The minimum atomic E-state index is -0.279. The fourth-order valence-corrected chi connectivity index (χ4v) is 1.93. The monoisotopic (exact) mass is 198 g/mol. The van der Waals surface area contributed by atoms with Gasteiger partial charge in [0.2, 0.25) is 0 Å². The summed E-state index contributed by atoms with van der Waals surface area (Å²) in [6.07, 6.45) is 6.90. The summed E-state index contributed by atoms with van der Waals surface area (Å²) >= 11 is 0. The summed E-state index contributed by atoms with van der Waals surface area (Å²) < 4.78 is 11.0. The van der Waals surface area contributed by atoms with E-state index in [1.165, 1.54) is 6.42 Å². The molecule has 2 atom stereocenters. The lowest BCUT2D eigenvalue weighted by Gasteiger charge is -2.23. The third kappa shape index (κ3) is 2.56. The molecule has 0 amide bonds. The number of hydrogen-bond acceptors (Lipinski definition) is 3. The van der Waals surface area contributed by atoms with Crippen LogP contribution in [0.4, 0.5) is 0 Å². The molecule has 3 nitrogen and oxygen atoms in total. The van der Waals surface area contributed by atoms with Crippen LogP contribution < -0.4 is 0 Å². The van der Waals surface area contributed by atoms with Crippen LogP contribution >= 0.6 is 0 Å². The Morgan fingerprint density at radius 3 is 3.00 bits per heavy atom. The Balaban J connectivity index is 1.70. The van der Waals surface area contributed by atoms with Gasteiger partial charge in [-0.2, -0.15) is 0 Å². The Morgan fingerprint density at radius 1 is 1.43 bits per heavy atom. The highest BCUT2D eigenvalue weighted by Crippen LogP contribution is 2.21. The standard InChI is InChI=1S/C11H18O3/c12-10-5-3-4-9(10)8-14-11-6-1-2-7-13-11/h4,10-12H,1-3,5-8H2. The maximum atomic E-state index is 9.53. The van der Waals surface area contributed by atoms with Crippen molar-refractivity contribution in [2.24, 2.45) is 0 Å². The molecule has 0 aromatic carbocycles. The van der Waals surface area contributed by atoms with Crippen molar-refractivity contribution in [2.75, 3.05) is 13.2 Å². The maximum absolute atomic E-state index is 9.53. The molecule has 1 aliphatic carbocycles. The van der Waals surface area contributed by atoms with Crippen LogP contribution in [0.3, 0.4) is 0 Å². The van der Waals surface area contributed by atoms with E-state index in [1.807, 2.05) is 0 Å². The summed E-state index contributed by atoms with van der Waals surface area (Å²) in [5, 5.41) is 9.53. The molecule has 80 valence electrons. The van der Waals surface area contributed by atoms with E-state index in [1.54, 1.807) is 0 Å². The first kappa shape index (κ1) is 10.1. The largest absolute Gasteiger partial charge is 0.389 e. The van der Waals surface area contributed by atoms with Crippen LogP contribution in [0.15, 0.2) is 11.6 Å². The number of aliphatic hydroxyl groups excluding tert-OH is 1. The van der Waals surface area contributed by atoms with E-state index in [4.69, 9.17) is 9.47 Å². The molecular weight excluding hydrogens is 180 g/mol. The van der Waals surface area contributed by atoms with Gasteiger partial charge in [-0.3, -0.25) is 0 Å². The van der Waals surface area contributed by atoms with Crippen molar-refractivity contribution < 1.29 is 14.6 Å². The quantitative estimate of drug-likeness (QED) is 0.700. The zero-order valence-corrected chi connectivity index (χ0v) is 8.45. The van der Waals surface area contributed by atoms with Crippen molar-refractivity contribution in [3.63, 3.8) is 0 Å². The van der Waals surface area contributed by atoms with Crippen molar-refractivity contribution in [3.05, 3.63) is 11.6 Å². The zero-order valence-electron chi connectivity index (χ0n) is 8.45. The Bertz CT molecular complexity index is 207. The summed E-state index contributed by atoms with van der Waals surface area (Å²) in [6.45, 7) is 1.35. The number of ether oxygens (including phenoxy) is 2. The molecule has 0 radical (unpaired) electrons. The molecule has 1 N–H and O–H groups in total. The lowest BCUT2D eigenvalue weighted by Crippen LogP contribution is -2.24. The van der Waals surface area contributed by atoms with E-state index in [0.29, 0.717) is 6.61 Å². The van der Waals surface area contributed by atoms with Gasteiger partial charge in [-0.25, -0.2) is 0 Å². The highest BCUT2D eigenvalue weighted by atomic mass is 16.7. The Hall–Kier alpha value is -0.380. The zero-order chi connectivity index (χ0) is 9.80. The van der Waals surface area contributed by atoms with Crippen LogP contribution in [0.25, 0.3) is 0 Å².